The molecule has 0 aliphatic carbocycles. The molecule has 0 radical (unpaired) electrons. The number of rotatable bonds is 4. The zero-order chi connectivity index (χ0) is 19.0. The van der Waals surface area contributed by atoms with Gasteiger partial charge in [-0.05, 0) is 30.3 Å². The van der Waals surface area contributed by atoms with E-state index in [-0.39, 0.29) is 16.6 Å². The fourth-order valence-corrected chi connectivity index (χ4v) is 5.68. The Morgan fingerprint density at radius 2 is 1.86 bits per heavy atom. The van der Waals surface area contributed by atoms with Crippen LogP contribution in [-0.4, -0.2) is 39.6 Å². The quantitative estimate of drug-likeness (QED) is 0.585. The predicted molar refractivity (Wildman–Crippen MR) is 119 cm³/mol. The summed E-state index contributed by atoms with van der Waals surface area (Å²) in [5, 5.41) is 4.81. The highest BCUT2D eigenvalue weighted by Crippen LogP contribution is 2.35. The highest BCUT2D eigenvalue weighted by Gasteiger charge is 2.22. The summed E-state index contributed by atoms with van der Waals surface area (Å²) in [6.07, 6.45) is 1.72. The van der Waals surface area contributed by atoms with Gasteiger partial charge in [0.05, 0.1) is 15.7 Å². The van der Waals surface area contributed by atoms with Gasteiger partial charge in [-0.15, -0.1) is 23.7 Å². The highest BCUT2D eigenvalue weighted by molar-refractivity contribution is 7.94. The van der Waals surface area contributed by atoms with Gasteiger partial charge < -0.3 is 10.2 Å². The van der Waals surface area contributed by atoms with Gasteiger partial charge in [-0.25, -0.2) is 13.4 Å². The van der Waals surface area contributed by atoms with Crippen LogP contribution in [0.3, 0.4) is 0 Å². The van der Waals surface area contributed by atoms with Crippen molar-refractivity contribution in [3.8, 4) is 0 Å². The molecule has 2 aromatic heterocycles. The third kappa shape index (κ3) is 4.32. The van der Waals surface area contributed by atoms with E-state index in [0.29, 0.717) is 15.7 Å². The topological polar surface area (TPSA) is 74.3 Å². The first-order valence-corrected chi connectivity index (χ1v) is 11.3. The number of benzene rings is 1. The Morgan fingerprint density at radius 3 is 2.57 bits per heavy atom. The number of anilines is 2. The first kappa shape index (κ1) is 21.4. The lowest BCUT2D eigenvalue weighted by atomic mass is 10.2. The molecule has 6 nitrogen and oxygen atoms in total. The molecular weight excluding hydrogens is 463 g/mol. The van der Waals surface area contributed by atoms with Crippen molar-refractivity contribution >= 4 is 78.6 Å². The van der Waals surface area contributed by atoms with Gasteiger partial charge in [0.2, 0.25) is 0 Å². The molecule has 11 heteroatoms. The molecule has 1 saturated heterocycles. The smallest absolute Gasteiger partial charge is 0.271 e. The number of hydrogen-bond acceptors (Lipinski definition) is 6. The number of sulfonamides is 1. The van der Waals surface area contributed by atoms with Crippen LogP contribution in [-0.2, 0) is 10.0 Å². The van der Waals surface area contributed by atoms with E-state index in [1.54, 1.807) is 24.4 Å². The maximum atomic E-state index is 12.8. The average molecular weight is 480 g/mol. The van der Waals surface area contributed by atoms with Crippen LogP contribution in [0.5, 0.6) is 0 Å². The van der Waals surface area contributed by atoms with Gasteiger partial charge in [0.1, 0.15) is 10.0 Å². The molecule has 3 heterocycles. The second-order valence-electron chi connectivity index (χ2n) is 6.08. The van der Waals surface area contributed by atoms with Crippen molar-refractivity contribution in [2.75, 3.05) is 35.8 Å². The standard InChI is InChI=1S/C17H16Cl2N4O2S2.ClH/c18-13-2-1-11(9-14(13)19)22-27(24,25)16-10-12-15(26-16)3-4-21-17(12)23-7-5-20-6-8-23;/h1-4,9-10,20,22H,5-8H2;1H. The van der Waals surface area contributed by atoms with Crippen LogP contribution < -0.4 is 14.9 Å². The molecule has 1 aromatic carbocycles. The van der Waals surface area contributed by atoms with E-state index in [2.05, 4.69) is 19.9 Å². The number of fused-ring (bicyclic) bond motifs is 1. The monoisotopic (exact) mass is 478 g/mol. The molecule has 1 aliphatic rings. The Morgan fingerprint density at radius 1 is 1.11 bits per heavy atom. The molecule has 0 bridgehead atoms. The summed E-state index contributed by atoms with van der Waals surface area (Å²) in [6.45, 7) is 3.44. The average Bonchev–Trinajstić information content (AvgIpc) is 3.11. The predicted octanol–water partition coefficient (Wildman–Crippen LogP) is 4.24. The lowest BCUT2D eigenvalue weighted by Gasteiger charge is -2.28. The van der Waals surface area contributed by atoms with E-state index < -0.39 is 10.0 Å². The minimum Gasteiger partial charge on any atom is -0.354 e. The Kier molecular flexibility index (Phi) is 6.58. The van der Waals surface area contributed by atoms with Crippen LogP contribution in [0.2, 0.25) is 10.0 Å². The maximum absolute atomic E-state index is 12.8. The third-order valence-electron chi connectivity index (χ3n) is 4.26. The van der Waals surface area contributed by atoms with E-state index in [4.69, 9.17) is 23.2 Å². The Bertz CT molecular complexity index is 1100. The zero-order valence-corrected chi connectivity index (χ0v) is 18.4. The van der Waals surface area contributed by atoms with Gasteiger partial charge in [0, 0.05) is 42.5 Å². The van der Waals surface area contributed by atoms with Crippen molar-refractivity contribution in [3.05, 3.63) is 46.6 Å². The molecular formula is C17H17Cl3N4O2S2. The first-order valence-electron chi connectivity index (χ1n) is 8.26. The summed E-state index contributed by atoms with van der Waals surface area (Å²) in [4.78, 5) is 6.66. The number of hydrogen-bond donors (Lipinski definition) is 2. The molecule has 0 saturated carbocycles. The maximum Gasteiger partial charge on any atom is 0.271 e. The van der Waals surface area contributed by atoms with Crippen LogP contribution in [0.25, 0.3) is 10.1 Å². The Hall–Kier alpha value is -1.29. The SMILES string of the molecule is Cl.O=S(=O)(Nc1ccc(Cl)c(Cl)c1)c1cc2c(N3CCNCC3)nccc2s1. The largest absolute Gasteiger partial charge is 0.354 e. The Labute approximate surface area is 183 Å². The number of pyridine rings is 1. The number of nitrogens with one attached hydrogen (secondary N) is 2. The van der Waals surface area contributed by atoms with Crippen LogP contribution >= 0.6 is 46.9 Å². The van der Waals surface area contributed by atoms with Crippen LogP contribution in [0.15, 0.2) is 40.7 Å². The lowest BCUT2D eigenvalue weighted by Crippen LogP contribution is -2.43. The molecule has 0 amide bonds. The van der Waals surface area contributed by atoms with E-state index in [9.17, 15) is 8.42 Å². The minimum atomic E-state index is -3.74. The zero-order valence-electron chi connectivity index (χ0n) is 14.5. The minimum absolute atomic E-state index is 0. The van der Waals surface area contributed by atoms with Crippen molar-refractivity contribution in [2.45, 2.75) is 4.21 Å². The van der Waals surface area contributed by atoms with E-state index in [1.807, 2.05) is 6.07 Å². The van der Waals surface area contributed by atoms with Crippen LogP contribution in [0, 0.1) is 0 Å². The molecule has 150 valence electrons. The molecule has 1 aliphatic heterocycles. The number of thiophene rings is 1. The fraction of sp³-hybridized carbons (Fsp3) is 0.235. The van der Waals surface area contributed by atoms with Gasteiger partial charge in [-0.3, -0.25) is 4.72 Å². The molecule has 1 fully saturated rings. The molecule has 28 heavy (non-hydrogen) atoms. The number of halogens is 3. The van der Waals surface area contributed by atoms with Gasteiger partial charge in [-0.2, -0.15) is 0 Å². The molecule has 4 rings (SSSR count). The van der Waals surface area contributed by atoms with E-state index in [1.165, 1.54) is 17.4 Å². The fourth-order valence-electron chi connectivity index (χ4n) is 2.95. The summed E-state index contributed by atoms with van der Waals surface area (Å²) >= 11 is 13.1. The summed E-state index contributed by atoms with van der Waals surface area (Å²) in [5.41, 5.74) is 0.363. The van der Waals surface area contributed by atoms with Crippen LogP contribution in [0.1, 0.15) is 0 Å². The number of aromatic nitrogens is 1. The molecule has 0 unspecified atom stereocenters. The van der Waals surface area contributed by atoms with Crippen molar-refractivity contribution < 1.29 is 8.42 Å². The lowest BCUT2D eigenvalue weighted by molar-refractivity contribution is 0.586. The molecule has 2 N–H and O–H groups in total. The van der Waals surface area contributed by atoms with Crippen molar-refractivity contribution in [3.63, 3.8) is 0 Å². The van der Waals surface area contributed by atoms with Crippen molar-refractivity contribution in [2.24, 2.45) is 0 Å². The van der Waals surface area contributed by atoms with Crippen molar-refractivity contribution in [1.82, 2.24) is 10.3 Å². The Balaban J connectivity index is 0.00000225. The van der Waals surface area contributed by atoms with Gasteiger partial charge in [0.25, 0.3) is 10.0 Å². The van der Waals surface area contributed by atoms with Crippen molar-refractivity contribution in [1.29, 1.82) is 0 Å². The second kappa shape index (κ2) is 8.61. The normalized spacial score (nSPS) is 14.7. The van der Waals surface area contributed by atoms with Gasteiger partial charge >= 0.3 is 0 Å². The molecule has 0 spiro atoms. The second-order valence-corrected chi connectivity index (χ2v) is 9.89. The van der Waals surface area contributed by atoms with E-state index in [0.717, 1.165) is 42.1 Å². The highest BCUT2D eigenvalue weighted by atomic mass is 35.5. The third-order valence-corrected chi connectivity index (χ3v) is 7.95. The number of nitrogens with zero attached hydrogens (tertiary/aromatic N) is 2. The van der Waals surface area contributed by atoms with Gasteiger partial charge in [0.15, 0.2) is 0 Å². The molecule has 0 atom stereocenters. The van der Waals surface area contributed by atoms with E-state index >= 15 is 0 Å². The van der Waals surface area contributed by atoms with Gasteiger partial charge in [-0.1, -0.05) is 23.2 Å². The van der Waals surface area contributed by atoms with Crippen LogP contribution in [0.4, 0.5) is 11.5 Å². The summed E-state index contributed by atoms with van der Waals surface area (Å²) < 4.78 is 29.3. The number of piperazine rings is 1. The summed E-state index contributed by atoms with van der Waals surface area (Å²) in [6, 6.07) is 8.14. The first-order chi connectivity index (χ1) is 12.9. The summed E-state index contributed by atoms with van der Waals surface area (Å²) in [7, 11) is -3.74. The summed E-state index contributed by atoms with van der Waals surface area (Å²) in [5.74, 6) is 0.821. The molecule has 3 aromatic rings.